The van der Waals surface area contributed by atoms with E-state index < -0.39 is 0 Å². The molecule has 4 heteroatoms. The normalized spacial score (nSPS) is 35.3. The van der Waals surface area contributed by atoms with Gasteiger partial charge in [-0.3, -0.25) is 9.59 Å². The van der Waals surface area contributed by atoms with Gasteiger partial charge in [0.25, 0.3) is 11.8 Å². The fourth-order valence-corrected chi connectivity index (χ4v) is 6.71. The van der Waals surface area contributed by atoms with E-state index in [0.717, 1.165) is 36.8 Å². The minimum atomic E-state index is -0.0504. The lowest BCUT2D eigenvalue weighted by Gasteiger charge is -2.22. The van der Waals surface area contributed by atoms with Crippen molar-refractivity contribution in [2.45, 2.75) is 51.4 Å². The summed E-state index contributed by atoms with van der Waals surface area (Å²) < 4.78 is 0. The zero-order valence-corrected chi connectivity index (χ0v) is 16.7. The second kappa shape index (κ2) is 7.53. The summed E-state index contributed by atoms with van der Waals surface area (Å²) in [5, 5.41) is 6.23. The van der Waals surface area contributed by atoms with E-state index in [4.69, 9.17) is 0 Å². The van der Waals surface area contributed by atoms with Gasteiger partial charge in [0.05, 0.1) is 0 Å². The molecule has 4 aliphatic rings. The molecule has 2 N–H and O–H groups in total. The molecule has 6 atom stereocenters. The summed E-state index contributed by atoms with van der Waals surface area (Å²) >= 11 is 0. The van der Waals surface area contributed by atoms with Crippen LogP contribution in [0.2, 0.25) is 0 Å². The molecule has 1 aromatic rings. The van der Waals surface area contributed by atoms with Crippen molar-refractivity contribution >= 4 is 11.8 Å². The molecule has 0 aliphatic heterocycles. The standard InChI is InChI=1S/C24H32N2O2/c27-23(25-13-21-10-15-4-6-17(21)8-15)19-2-1-3-20(12-19)24(28)26-14-22-11-16-5-7-18(22)9-16/h1-3,12,15-18,21-22H,4-11,13-14H2,(H,25,27)(H,26,28)/t15-,16+,17-,18-,21+,22-/m1/s1. The van der Waals surface area contributed by atoms with Gasteiger partial charge >= 0.3 is 0 Å². The predicted molar refractivity (Wildman–Crippen MR) is 109 cm³/mol. The second-order valence-electron chi connectivity index (χ2n) is 9.87. The molecule has 4 saturated carbocycles. The van der Waals surface area contributed by atoms with Gasteiger partial charge < -0.3 is 10.6 Å². The Labute approximate surface area is 167 Å². The third kappa shape index (κ3) is 3.58. The summed E-state index contributed by atoms with van der Waals surface area (Å²) in [4.78, 5) is 25.2. The van der Waals surface area contributed by atoms with Crippen LogP contribution in [0.25, 0.3) is 0 Å². The van der Waals surface area contributed by atoms with Crippen molar-refractivity contribution in [2.75, 3.05) is 13.1 Å². The summed E-state index contributed by atoms with van der Waals surface area (Å²) in [5.74, 6) is 4.62. The van der Waals surface area contributed by atoms with Gasteiger partial charge in [0.2, 0.25) is 0 Å². The van der Waals surface area contributed by atoms with Gasteiger partial charge in [-0.25, -0.2) is 0 Å². The lowest BCUT2D eigenvalue weighted by Crippen LogP contribution is -2.33. The molecule has 1 aromatic carbocycles. The third-order valence-corrected chi connectivity index (χ3v) is 8.21. The van der Waals surface area contributed by atoms with E-state index in [2.05, 4.69) is 10.6 Å². The Hall–Kier alpha value is -1.84. The van der Waals surface area contributed by atoms with E-state index >= 15 is 0 Å². The zero-order chi connectivity index (χ0) is 19.1. The summed E-state index contributed by atoms with van der Waals surface area (Å²) in [6, 6.07) is 7.18. The topological polar surface area (TPSA) is 58.2 Å². The largest absolute Gasteiger partial charge is 0.352 e. The van der Waals surface area contributed by atoms with Crippen LogP contribution in [0.1, 0.15) is 72.1 Å². The lowest BCUT2D eigenvalue weighted by molar-refractivity contribution is 0.0941. The van der Waals surface area contributed by atoms with Gasteiger partial charge in [-0.05, 0) is 92.2 Å². The molecule has 2 amide bonds. The summed E-state index contributed by atoms with van der Waals surface area (Å²) in [6.45, 7) is 1.56. The monoisotopic (exact) mass is 380 g/mol. The first-order chi connectivity index (χ1) is 13.7. The first-order valence-electron chi connectivity index (χ1n) is 11.3. The van der Waals surface area contributed by atoms with E-state index in [1.807, 2.05) is 18.2 Å². The third-order valence-electron chi connectivity index (χ3n) is 8.21. The molecule has 4 bridgehead atoms. The fraction of sp³-hybridized carbons (Fsp3) is 0.667. The molecule has 0 heterocycles. The fourth-order valence-electron chi connectivity index (χ4n) is 6.71. The number of hydrogen-bond donors (Lipinski definition) is 2. The maximum absolute atomic E-state index is 12.6. The highest BCUT2D eigenvalue weighted by molar-refractivity contribution is 5.99. The highest BCUT2D eigenvalue weighted by atomic mass is 16.2. The molecule has 0 unspecified atom stereocenters. The van der Waals surface area contributed by atoms with Crippen molar-refractivity contribution in [3.63, 3.8) is 0 Å². The van der Waals surface area contributed by atoms with E-state index in [1.165, 1.54) is 51.4 Å². The van der Waals surface area contributed by atoms with Crippen LogP contribution in [0.4, 0.5) is 0 Å². The Bertz CT molecular complexity index is 701. The molecule has 0 saturated heterocycles. The molecule has 150 valence electrons. The first-order valence-corrected chi connectivity index (χ1v) is 11.3. The Balaban J connectivity index is 1.14. The Morgan fingerprint density at radius 2 is 1.25 bits per heavy atom. The van der Waals surface area contributed by atoms with Crippen LogP contribution in [-0.4, -0.2) is 24.9 Å². The minimum Gasteiger partial charge on any atom is -0.352 e. The van der Waals surface area contributed by atoms with Crippen LogP contribution >= 0.6 is 0 Å². The van der Waals surface area contributed by atoms with Gasteiger partial charge in [0, 0.05) is 24.2 Å². The molecule has 4 fully saturated rings. The van der Waals surface area contributed by atoms with Crippen molar-refractivity contribution in [2.24, 2.45) is 35.5 Å². The number of benzene rings is 1. The molecule has 0 spiro atoms. The maximum Gasteiger partial charge on any atom is 0.251 e. The molecule has 0 radical (unpaired) electrons. The van der Waals surface area contributed by atoms with Crippen molar-refractivity contribution in [3.05, 3.63) is 35.4 Å². The Kier molecular flexibility index (Phi) is 4.90. The van der Waals surface area contributed by atoms with Gasteiger partial charge in [-0.1, -0.05) is 18.9 Å². The van der Waals surface area contributed by atoms with Crippen molar-refractivity contribution in [1.82, 2.24) is 10.6 Å². The average molecular weight is 381 g/mol. The van der Waals surface area contributed by atoms with Crippen LogP contribution in [-0.2, 0) is 0 Å². The van der Waals surface area contributed by atoms with Crippen molar-refractivity contribution in [3.8, 4) is 0 Å². The van der Waals surface area contributed by atoms with E-state index in [1.54, 1.807) is 6.07 Å². The smallest absolute Gasteiger partial charge is 0.251 e. The number of fused-ring (bicyclic) bond motifs is 4. The van der Waals surface area contributed by atoms with Gasteiger partial charge in [0.1, 0.15) is 0 Å². The first kappa shape index (κ1) is 18.2. The van der Waals surface area contributed by atoms with Crippen LogP contribution < -0.4 is 10.6 Å². The van der Waals surface area contributed by atoms with Crippen LogP contribution in [0.3, 0.4) is 0 Å². The van der Waals surface area contributed by atoms with Crippen LogP contribution in [0.15, 0.2) is 24.3 Å². The lowest BCUT2D eigenvalue weighted by atomic mass is 9.89. The van der Waals surface area contributed by atoms with Gasteiger partial charge in [-0.15, -0.1) is 0 Å². The molecule has 4 aliphatic carbocycles. The number of hydrogen-bond acceptors (Lipinski definition) is 2. The quantitative estimate of drug-likeness (QED) is 0.783. The Morgan fingerprint density at radius 1 is 0.750 bits per heavy atom. The molecule has 4 nitrogen and oxygen atoms in total. The SMILES string of the molecule is O=C(NC[C@@H]1C[C@@H]2CC[C@@H]1C2)c1cccc(C(=O)NC[C@H]2C[C@H]3CC[C@@H]2C3)c1. The molecular weight excluding hydrogens is 348 g/mol. The van der Waals surface area contributed by atoms with E-state index in [9.17, 15) is 9.59 Å². The van der Waals surface area contributed by atoms with E-state index in [-0.39, 0.29) is 11.8 Å². The van der Waals surface area contributed by atoms with Crippen molar-refractivity contribution < 1.29 is 9.59 Å². The Morgan fingerprint density at radius 3 is 1.64 bits per heavy atom. The maximum atomic E-state index is 12.6. The van der Waals surface area contributed by atoms with Crippen LogP contribution in [0.5, 0.6) is 0 Å². The number of rotatable bonds is 6. The predicted octanol–water partition coefficient (Wildman–Crippen LogP) is 4.02. The number of nitrogens with one attached hydrogen (secondary N) is 2. The van der Waals surface area contributed by atoms with Gasteiger partial charge in [0.15, 0.2) is 0 Å². The number of carbonyl (C=O) groups excluding carboxylic acids is 2. The summed E-state index contributed by atoms with van der Waals surface area (Å²) in [5.41, 5.74) is 1.19. The minimum absolute atomic E-state index is 0.0504. The highest BCUT2D eigenvalue weighted by Gasteiger charge is 2.40. The second-order valence-corrected chi connectivity index (χ2v) is 9.87. The number of carbonyl (C=O) groups is 2. The molecule has 28 heavy (non-hydrogen) atoms. The van der Waals surface area contributed by atoms with Crippen LogP contribution in [0, 0.1) is 35.5 Å². The molecular formula is C24H32N2O2. The number of amides is 2. The zero-order valence-electron chi connectivity index (χ0n) is 16.7. The summed E-state index contributed by atoms with van der Waals surface area (Å²) in [7, 11) is 0. The van der Waals surface area contributed by atoms with E-state index in [0.29, 0.717) is 23.0 Å². The summed E-state index contributed by atoms with van der Waals surface area (Å²) in [6.07, 6.45) is 10.7. The van der Waals surface area contributed by atoms with Gasteiger partial charge in [-0.2, -0.15) is 0 Å². The average Bonchev–Trinajstić information content (AvgIpc) is 3.52. The molecule has 0 aromatic heterocycles. The molecule has 5 rings (SSSR count). The highest BCUT2D eigenvalue weighted by Crippen LogP contribution is 2.48. The van der Waals surface area contributed by atoms with Crippen molar-refractivity contribution in [1.29, 1.82) is 0 Å².